The first-order valence-corrected chi connectivity index (χ1v) is 7.02. The van der Waals surface area contributed by atoms with Gasteiger partial charge in [-0.05, 0) is 42.3 Å². The highest BCUT2D eigenvalue weighted by Crippen LogP contribution is 2.20. The number of hydrogen-bond donors (Lipinski definition) is 1. The largest absolute Gasteiger partial charge is 0.326 e. The van der Waals surface area contributed by atoms with Crippen LogP contribution in [0, 0.1) is 6.92 Å². The molecular formula is C15H13BrClNO. The molecule has 0 aromatic heterocycles. The van der Waals surface area contributed by atoms with Crippen LogP contribution < -0.4 is 5.32 Å². The Balaban J connectivity index is 2.03. The SMILES string of the molecule is Cc1ccc(NC(=O)Cc2cccc(Br)c2)cc1Cl. The first kappa shape index (κ1) is 14.1. The van der Waals surface area contributed by atoms with Crippen molar-refractivity contribution in [1.82, 2.24) is 0 Å². The average Bonchev–Trinajstić information content (AvgIpc) is 2.34. The van der Waals surface area contributed by atoms with E-state index in [4.69, 9.17) is 11.6 Å². The maximum absolute atomic E-state index is 11.9. The van der Waals surface area contributed by atoms with Gasteiger partial charge in [-0.15, -0.1) is 0 Å². The van der Waals surface area contributed by atoms with E-state index in [1.165, 1.54) is 0 Å². The van der Waals surface area contributed by atoms with Gasteiger partial charge in [-0.25, -0.2) is 0 Å². The van der Waals surface area contributed by atoms with Crippen molar-refractivity contribution >= 4 is 39.1 Å². The molecule has 2 aromatic carbocycles. The number of hydrogen-bond acceptors (Lipinski definition) is 1. The minimum absolute atomic E-state index is 0.0574. The highest BCUT2D eigenvalue weighted by atomic mass is 79.9. The van der Waals surface area contributed by atoms with E-state index in [2.05, 4.69) is 21.2 Å². The Labute approximate surface area is 125 Å². The lowest BCUT2D eigenvalue weighted by molar-refractivity contribution is -0.115. The molecule has 0 aliphatic carbocycles. The molecule has 0 saturated carbocycles. The second-order valence-electron chi connectivity index (χ2n) is 4.32. The summed E-state index contributed by atoms with van der Waals surface area (Å²) >= 11 is 9.41. The second-order valence-corrected chi connectivity index (χ2v) is 5.64. The van der Waals surface area contributed by atoms with Gasteiger partial charge in [-0.1, -0.05) is 45.7 Å². The van der Waals surface area contributed by atoms with Crippen molar-refractivity contribution in [3.63, 3.8) is 0 Å². The van der Waals surface area contributed by atoms with Crippen molar-refractivity contribution in [3.8, 4) is 0 Å². The Morgan fingerprint density at radius 1 is 1.26 bits per heavy atom. The van der Waals surface area contributed by atoms with Crippen LogP contribution in [-0.2, 0) is 11.2 Å². The lowest BCUT2D eigenvalue weighted by Crippen LogP contribution is -2.14. The molecule has 0 saturated heterocycles. The van der Waals surface area contributed by atoms with Crippen molar-refractivity contribution in [1.29, 1.82) is 0 Å². The third kappa shape index (κ3) is 4.08. The van der Waals surface area contributed by atoms with Crippen LogP contribution in [0.15, 0.2) is 46.9 Å². The summed E-state index contributed by atoms with van der Waals surface area (Å²) in [6.45, 7) is 1.93. The summed E-state index contributed by atoms with van der Waals surface area (Å²) in [6.07, 6.45) is 0.338. The summed E-state index contributed by atoms with van der Waals surface area (Å²) in [4.78, 5) is 11.9. The summed E-state index contributed by atoms with van der Waals surface area (Å²) < 4.78 is 0.969. The molecule has 0 bridgehead atoms. The number of nitrogens with one attached hydrogen (secondary N) is 1. The number of halogens is 2. The normalized spacial score (nSPS) is 10.3. The Morgan fingerprint density at radius 2 is 2.05 bits per heavy atom. The predicted molar refractivity (Wildman–Crippen MR) is 82.7 cm³/mol. The minimum atomic E-state index is -0.0574. The monoisotopic (exact) mass is 337 g/mol. The highest BCUT2D eigenvalue weighted by molar-refractivity contribution is 9.10. The van der Waals surface area contributed by atoms with Crippen LogP contribution in [0.4, 0.5) is 5.69 Å². The van der Waals surface area contributed by atoms with Crippen LogP contribution in [0.25, 0.3) is 0 Å². The molecular weight excluding hydrogens is 326 g/mol. The fourth-order valence-electron chi connectivity index (χ4n) is 1.71. The van der Waals surface area contributed by atoms with Crippen molar-refractivity contribution in [2.75, 3.05) is 5.32 Å². The molecule has 0 aliphatic rings. The van der Waals surface area contributed by atoms with E-state index < -0.39 is 0 Å². The van der Waals surface area contributed by atoms with Crippen LogP contribution in [0.1, 0.15) is 11.1 Å². The summed E-state index contributed by atoms with van der Waals surface area (Å²) in [7, 11) is 0. The molecule has 1 N–H and O–H groups in total. The zero-order valence-electron chi connectivity index (χ0n) is 10.4. The molecule has 1 amide bonds. The van der Waals surface area contributed by atoms with Crippen molar-refractivity contribution < 1.29 is 4.79 Å². The van der Waals surface area contributed by atoms with Crippen LogP contribution in [0.5, 0.6) is 0 Å². The van der Waals surface area contributed by atoms with Crippen molar-refractivity contribution in [2.45, 2.75) is 13.3 Å². The molecule has 4 heteroatoms. The molecule has 2 nitrogen and oxygen atoms in total. The van der Waals surface area contributed by atoms with Crippen LogP contribution >= 0.6 is 27.5 Å². The summed E-state index contributed by atoms with van der Waals surface area (Å²) in [5.41, 5.74) is 2.67. The summed E-state index contributed by atoms with van der Waals surface area (Å²) in [5, 5.41) is 3.49. The van der Waals surface area contributed by atoms with E-state index >= 15 is 0 Å². The molecule has 98 valence electrons. The zero-order chi connectivity index (χ0) is 13.8. The smallest absolute Gasteiger partial charge is 0.228 e. The molecule has 0 unspecified atom stereocenters. The molecule has 0 fully saturated rings. The van der Waals surface area contributed by atoms with E-state index in [1.807, 2.05) is 43.3 Å². The Morgan fingerprint density at radius 3 is 2.74 bits per heavy atom. The molecule has 0 spiro atoms. The maximum Gasteiger partial charge on any atom is 0.228 e. The third-order valence-electron chi connectivity index (χ3n) is 2.71. The van der Waals surface area contributed by atoms with Gasteiger partial charge < -0.3 is 5.32 Å². The van der Waals surface area contributed by atoms with Gasteiger partial charge in [0, 0.05) is 15.2 Å². The fraction of sp³-hybridized carbons (Fsp3) is 0.133. The fourth-order valence-corrected chi connectivity index (χ4v) is 2.34. The van der Waals surface area contributed by atoms with Crippen LogP contribution in [0.2, 0.25) is 5.02 Å². The van der Waals surface area contributed by atoms with E-state index in [-0.39, 0.29) is 5.91 Å². The van der Waals surface area contributed by atoms with Gasteiger partial charge in [0.2, 0.25) is 5.91 Å². The average molecular weight is 339 g/mol. The second kappa shape index (κ2) is 6.22. The van der Waals surface area contributed by atoms with E-state index in [1.54, 1.807) is 6.07 Å². The number of rotatable bonds is 3. The van der Waals surface area contributed by atoms with E-state index in [9.17, 15) is 4.79 Å². The summed E-state index contributed by atoms with van der Waals surface area (Å²) in [5.74, 6) is -0.0574. The van der Waals surface area contributed by atoms with E-state index in [0.717, 1.165) is 21.3 Å². The Hall–Kier alpha value is -1.32. The molecule has 0 atom stereocenters. The highest BCUT2D eigenvalue weighted by Gasteiger charge is 2.05. The number of carbonyl (C=O) groups excluding carboxylic acids is 1. The first-order valence-electron chi connectivity index (χ1n) is 5.85. The molecule has 0 aliphatic heterocycles. The van der Waals surface area contributed by atoms with Gasteiger partial charge >= 0.3 is 0 Å². The molecule has 0 heterocycles. The number of benzene rings is 2. The number of anilines is 1. The third-order valence-corrected chi connectivity index (χ3v) is 3.61. The molecule has 19 heavy (non-hydrogen) atoms. The number of amides is 1. The quantitative estimate of drug-likeness (QED) is 0.871. The standard InChI is InChI=1S/C15H13BrClNO/c1-10-5-6-13(9-14(10)17)18-15(19)8-11-3-2-4-12(16)7-11/h2-7,9H,8H2,1H3,(H,18,19). The lowest BCUT2D eigenvalue weighted by Gasteiger charge is -2.07. The van der Waals surface area contributed by atoms with Gasteiger partial charge in [-0.2, -0.15) is 0 Å². The van der Waals surface area contributed by atoms with Gasteiger partial charge in [0.15, 0.2) is 0 Å². The maximum atomic E-state index is 11.9. The van der Waals surface area contributed by atoms with E-state index in [0.29, 0.717) is 11.4 Å². The van der Waals surface area contributed by atoms with Crippen molar-refractivity contribution in [3.05, 3.63) is 63.1 Å². The minimum Gasteiger partial charge on any atom is -0.326 e. The van der Waals surface area contributed by atoms with Gasteiger partial charge in [0.05, 0.1) is 6.42 Å². The zero-order valence-corrected chi connectivity index (χ0v) is 12.8. The Bertz CT molecular complexity index is 613. The summed E-state index contributed by atoms with van der Waals surface area (Å²) in [6, 6.07) is 13.2. The van der Waals surface area contributed by atoms with Gasteiger partial charge in [0.25, 0.3) is 0 Å². The molecule has 2 rings (SSSR count). The Kier molecular flexibility index (Phi) is 4.61. The topological polar surface area (TPSA) is 29.1 Å². The number of carbonyl (C=O) groups is 1. The number of aryl methyl sites for hydroxylation is 1. The predicted octanol–water partition coefficient (Wildman–Crippen LogP) is 4.59. The molecule has 2 aromatic rings. The molecule has 0 radical (unpaired) electrons. The lowest BCUT2D eigenvalue weighted by atomic mass is 10.1. The van der Waals surface area contributed by atoms with Gasteiger partial charge in [0.1, 0.15) is 0 Å². The van der Waals surface area contributed by atoms with Crippen molar-refractivity contribution in [2.24, 2.45) is 0 Å². The van der Waals surface area contributed by atoms with Crippen LogP contribution in [0.3, 0.4) is 0 Å². The van der Waals surface area contributed by atoms with Gasteiger partial charge in [-0.3, -0.25) is 4.79 Å². The van der Waals surface area contributed by atoms with Crippen LogP contribution in [-0.4, -0.2) is 5.91 Å². The first-order chi connectivity index (χ1) is 9.04.